The summed E-state index contributed by atoms with van der Waals surface area (Å²) in [5, 5.41) is 34.9. The molecular weight excluding hydrogens is 524 g/mol. The molecule has 0 radical (unpaired) electrons. The van der Waals surface area contributed by atoms with Crippen LogP contribution in [0.15, 0.2) is 23.5 Å². The maximum absolute atomic E-state index is 13.9. The van der Waals surface area contributed by atoms with Crippen LogP contribution in [0.1, 0.15) is 66.7 Å². The van der Waals surface area contributed by atoms with Crippen LogP contribution >= 0.6 is 0 Å². The zero-order valence-corrected chi connectivity index (χ0v) is 23.3. The third-order valence-electron chi connectivity index (χ3n) is 10.8. The monoisotopic (exact) mass is 560 g/mol. The Morgan fingerprint density at radius 1 is 1.12 bits per heavy atom. The number of cyclic esters (lactones) is 1. The van der Waals surface area contributed by atoms with Gasteiger partial charge >= 0.3 is 11.9 Å². The Morgan fingerprint density at radius 3 is 2.52 bits per heavy atom. The summed E-state index contributed by atoms with van der Waals surface area (Å²) in [6, 6.07) is 0. The molecule has 6 heterocycles. The maximum atomic E-state index is 13.9. The third kappa shape index (κ3) is 3.08. The molecule has 0 aromatic carbocycles. The SMILES string of the molecule is CC1=C/C(=C/[C@H](C)C(=O)[C@@]2(C)CC[C@]34C[C@]56OC(=O)[C@H](O)[C@H]5OC(C)(C)[C@@H]6[C@@H]5C[C@H]3[C@](O)(O5)[C@](O)(C2)O4)OC1=O. The van der Waals surface area contributed by atoms with Crippen molar-refractivity contribution in [3.05, 3.63) is 23.5 Å². The number of aliphatic hydroxyl groups excluding tert-OH is 1. The van der Waals surface area contributed by atoms with Crippen LogP contribution in [0.25, 0.3) is 0 Å². The van der Waals surface area contributed by atoms with Crippen LogP contribution in [-0.4, -0.2) is 79.7 Å². The lowest BCUT2D eigenvalue weighted by Gasteiger charge is -2.45. The molecule has 0 aromatic rings. The number of carbonyl (C=O) groups is 3. The third-order valence-corrected chi connectivity index (χ3v) is 10.8. The topological polar surface area (TPSA) is 158 Å². The molecule has 6 aliphatic heterocycles. The van der Waals surface area contributed by atoms with Crippen LogP contribution in [0.4, 0.5) is 0 Å². The molecule has 1 aliphatic carbocycles. The first-order chi connectivity index (χ1) is 18.5. The molecule has 11 nitrogen and oxygen atoms in total. The number of ketones is 1. The highest BCUT2D eigenvalue weighted by atomic mass is 16.8. The summed E-state index contributed by atoms with van der Waals surface area (Å²) in [6.45, 7) is 8.77. The minimum Gasteiger partial charge on any atom is -0.454 e. The molecule has 1 saturated carbocycles. The fourth-order valence-corrected chi connectivity index (χ4v) is 9.33. The first-order valence-electron chi connectivity index (χ1n) is 14.1. The molecule has 4 bridgehead atoms. The fourth-order valence-electron chi connectivity index (χ4n) is 9.33. The van der Waals surface area contributed by atoms with Crippen LogP contribution < -0.4 is 0 Å². The normalized spacial score (nSPS) is 53.4. The predicted molar refractivity (Wildman–Crippen MR) is 133 cm³/mol. The molecule has 6 fully saturated rings. The number of hydrogen-bond donors (Lipinski definition) is 3. The van der Waals surface area contributed by atoms with Gasteiger partial charge in [-0.1, -0.05) is 13.8 Å². The smallest absolute Gasteiger partial charge is 0.339 e. The van der Waals surface area contributed by atoms with Gasteiger partial charge in [0.2, 0.25) is 11.6 Å². The first-order valence-corrected chi connectivity index (χ1v) is 14.1. The summed E-state index contributed by atoms with van der Waals surface area (Å²) in [5.41, 5.74) is -4.05. The van der Waals surface area contributed by atoms with Crippen molar-refractivity contribution in [2.75, 3.05) is 0 Å². The number of allylic oxidation sites excluding steroid dienone is 2. The lowest BCUT2D eigenvalue weighted by molar-refractivity contribution is -0.361. The van der Waals surface area contributed by atoms with E-state index in [1.54, 1.807) is 32.9 Å². The molecule has 11 atom stereocenters. The Bertz CT molecular complexity index is 1300. The van der Waals surface area contributed by atoms with Gasteiger partial charge < -0.3 is 39.0 Å². The van der Waals surface area contributed by atoms with Gasteiger partial charge in [0.1, 0.15) is 17.6 Å². The molecule has 0 aromatic heterocycles. The van der Waals surface area contributed by atoms with Crippen molar-refractivity contribution in [2.45, 2.75) is 113 Å². The van der Waals surface area contributed by atoms with Gasteiger partial charge in [0.15, 0.2) is 11.7 Å². The number of aliphatic hydroxyl groups is 3. The molecule has 40 heavy (non-hydrogen) atoms. The van der Waals surface area contributed by atoms with Crippen molar-refractivity contribution in [3.8, 4) is 0 Å². The average molecular weight is 561 g/mol. The van der Waals surface area contributed by atoms with Crippen molar-refractivity contribution in [1.82, 2.24) is 0 Å². The summed E-state index contributed by atoms with van der Waals surface area (Å²) in [7, 11) is 0. The maximum Gasteiger partial charge on any atom is 0.339 e. The van der Waals surface area contributed by atoms with Crippen molar-refractivity contribution in [1.29, 1.82) is 0 Å². The minimum absolute atomic E-state index is 0.0839. The second-order valence-electron chi connectivity index (χ2n) is 13.9. The first kappa shape index (κ1) is 26.7. The van der Waals surface area contributed by atoms with Crippen LogP contribution in [0.3, 0.4) is 0 Å². The quantitative estimate of drug-likeness (QED) is 0.426. The molecule has 0 unspecified atom stereocenters. The molecular formula is C29H36O11. The lowest BCUT2D eigenvalue weighted by Crippen LogP contribution is -2.60. The second-order valence-corrected chi connectivity index (χ2v) is 13.9. The Morgan fingerprint density at radius 2 is 1.85 bits per heavy atom. The number of fused-ring (bicyclic) bond motifs is 4. The van der Waals surface area contributed by atoms with Gasteiger partial charge in [0, 0.05) is 29.7 Å². The van der Waals surface area contributed by atoms with E-state index in [9.17, 15) is 29.7 Å². The summed E-state index contributed by atoms with van der Waals surface area (Å²) >= 11 is 0. The molecule has 7 rings (SSSR count). The number of ether oxygens (including phenoxy) is 5. The summed E-state index contributed by atoms with van der Waals surface area (Å²) < 4.78 is 30.2. The van der Waals surface area contributed by atoms with Gasteiger partial charge in [0.05, 0.1) is 29.1 Å². The Hall–Kier alpha value is -2.15. The minimum atomic E-state index is -2.21. The van der Waals surface area contributed by atoms with Crippen LogP contribution in [-0.2, 0) is 38.1 Å². The average Bonchev–Trinajstić information content (AvgIpc) is 3.48. The van der Waals surface area contributed by atoms with E-state index in [2.05, 4.69) is 0 Å². The van der Waals surface area contributed by atoms with E-state index in [-0.39, 0.29) is 25.0 Å². The predicted octanol–water partition coefficient (Wildman–Crippen LogP) is 1.17. The van der Waals surface area contributed by atoms with E-state index in [0.29, 0.717) is 24.2 Å². The van der Waals surface area contributed by atoms with E-state index in [1.807, 2.05) is 13.8 Å². The summed E-state index contributed by atoms with van der Waals surface area (Å²) in [5.74, 6) is -7.30. The zero-order chi connectivity index (χ0) is 28.8. The Labute approximate surface area is 231 Å². The molecule has 0 amide bonds. The van der Waals surface area contributed by atoms with Gasteiger partial charge in [-0.3, -0.25) is 4.79 Å². The molecule has 2 spiro atoms. The van der Waals surface area contributed by atoms with E-state index < -0.39 is 81.8 Å². The summed E-state index contributed by atoms with van der Waals surface area (Å²) in [6.07, 6.45) is 0.861. The van der Waals surface area contributed by atoms with Crippen molar-refractivity contribution < 1.29 is 53.4 Å². The summed E-state index contributed by atoms with van der Waals surface area (Å²) in [4.78, 5) is 38.4. The van der Waals surface area contributed by atoms with E-state index in [4.69, 9.17) is 23.7 Å². The Kier molecular flexibility index (Phi) is 5.09. The van der Waals surface area contributed by atoms with Gasteiger partial charge in [-0.25, -0.2) is 9.59 Å². The van der Waals surface area contributed by atoms with Crippen molar-refractivity contribution in [3.63, 3.8) is 0 Å². The number of carbonyl (C=O) groups excluding carboxylic acids is 3. The highest BCUT2D eigenvalue weighted by Crippen LogP contribution is 2.71. The lowest BCUT2D eigenvalue weighted by atomic mass is 9.63. The fraction of sp³-hybridized carbons (Fsp3) is 0.759. The van der Waals surface area contributed by atoms with E-state index in [1.165, 1.54) is 0 Å². The van der Waals surface area contributed by atoms with Crippen molar-refractivity contribution >= 4 is 17.7 Å². The molecule has 5 saturated heterocycles. The second kappa shape index (κ2) is 7.62. The van der Waals surface area contributed by atoms with Crippen LogP contribution in [0.2, 0.25) is 0 Å². The number of hydrogen-bond acceptors (Lipinski definition) is 11. The number of rotatable bonds is 3. The molecule has 218 valence electrons. The largest absolute Gasteiger partial charge is 0.454 e. The highest BCUT2D eigenvalue weighted by Gasteiger charge is 2.85. The van der Waals surface area contributed by atoms with Gasteiger partial charge in [-0.15, -0.1) is 0 Å². The zero-order valence-electron chi connectivity index (χ0n) is 23.3. The van der Waals surface area contributed by atoms with Gasteiger partial charge in [-0.05, 0) is 52.2 Å². The van der Waals surface area contributed by atoms with E-state index >= 15 is 0 Å². The van der Waals surface area contributed by atoms with Gasteiger partial charge in [0.25, 0.3) is 0 Å². The number of esters is 2. The molecule has 11 heteroatoms. The molecule has 7 aliphatic rings. The van der Waals surface area contributed by atoms with Gasteiger partial charge in [-0.2, -0.15) is 0 Å². The van der Waals surface area contributed by atoms with E-state index in [0.717, 1.165) is 0 Å². The Balaban J connectivity index is 1.27. The highest BCUT2D eigenvalue weighted by molar-refractivity contribution is 5.93. The van der Waals surface area contributed by atoms with Crippen LogP contribution in [0, 0.1) is 23.2 Å². The standard InChI is InChI=1S/C29H36O11/c1-13(8-15-9-14(2)22(32)36-15)20(31)25(5)6-7-26-12-27-19(24(3,4)38-21(27)18(30)23(33)39-27)16-10-17(26)29(35,37-16)28(34,11-25)40-26/h8-9,13,16-19,21,30,34-35H,6-7,10-12H2,1-5H3/b15-8-/t13-,16-,17+,18+,19-,21+,25-,26-,27+,28-,29-/m0/s1. The molecule has 3 N–H and O–H groups in total. The van der Waals surface area contributed by atoms with Crippen molar-refractivity contribution in [2.24, 2.45) is 23.2 Å². The number of Topliss-reactive ketones (excluding diaryl/α,β-unsaturated/α-hetero) is 1. The van der Waals surface area contributed by atoms with Crippen LogP contribution in [0.5, 0.6) is 0 Å².